The van der Waals surface area contributed by atoms with Gasteiger partial charge in [0.05, 0.1) is 24.8 Å². The van der Waals surface area contributed by atoms with E-state index in [0.717, 1.165) is 31.7 Å². The lowest BCUT2D eigenvalue weighted by molar-refractivity contribution is -0.125. The summed E-state index contributed by atoms with van der Waals surface area (Å²) >= 11 is 0. The van der Waals surface area contributed by atoms with Crippen molar-refractivity contribution in [3.8, 4) is 6.07 Å². The Labute approximate surface area is 146 Å². The van der Waals surface area contributed by atoms with E-state index in [4.69, 9.17) is 10.00 Å². The fraction of sp³-hybridized carbons (Fsp3) is 0.529. The Morgan fingerprint density at radius 3 is 2.80 bits per heavy atom. The lowest BCUT2D eigenvalue weighted by atomic mass is 10.0. The Balaban J connectivity index is 1.60. The molecule has 8 heteroatoms. The third kappa shape index (κ3) is 3.56. The van der Waals surface area contributed by atoms with Crippen LogP contribution in [0.15, 0.2) is 18.3 Å². The Kier molecular flexibility index (Phi) is 5.14. The summed E-state index contributed by atoms with van der Waals surface area (Å²) in [4.78, 5) is 33.9. The molecule has 2 saturated heterocycles. The molecule has 132 valence electrons. The van der Waals surface area contributed by atoms with Crippen LogP contribution in [-0.2, 0) is 9.53 Å². The van der Waals surface area contributed by atoms with Gasteiger partial charge in [-0.15, -0.1) is 0 Å². The number of pyridine rings is 1. The number of urea groups is 1. The number of imide groups is 1. The number of hydrogen-bond acceptors (Lipinski definition) is 6. The number of ether oxygens (including phenoxy) is 1. The molecule has 0 aromatic carbocycles. The molecule has 0 atom stereocenters. The molecule has 0 aliphatic carbocycles. The normalized spacial score (nSPS) is 18.8. The fourth-order valence-electron chi connectivity index (χ4n) is 3.32. The van der Waals surface area contributed by atoms with Gasteiger partial charge in [0, 0.05) is 32.4 Å². The first kappa shape index (κ1) is 17.2. The van der Waals surface area contributed by atoms with Crippen molar-refractivity contribution in [1.29, 1.82) is 5.26 Å². The van der Waals surface area contributed by atoms with Crippen molar-refractivity contribution >= 4 is 17.8 Å². The van der Waals surface area contributed by atoms with E-state index in [1.165, 1.54) is 4.90 Å². The van der Waals surface area contributed by atoms with Gasteiger partial charge in [0.15, 0.2) is 0 Å². The number of amides is 3. The molecular formula is C17H21N5O3. The standard InChI is InChI=1S/C17H21N5O3/c1-25-9-8-21-16(23)12-22(17(21)24)14-3-6-20(7-4-14)15-10-13(11-18)2-5-19-15/h2,5,10,14H,3-4,6-9,12H2,1H3. The number of aromatic nitrogens is 1. The highest BCUT2D eigenvalue weighted by molar-refractivity contribution is 6.02. The Hall–Kier alpha value is -2.66. The average molecular weight is 343 g/mol. The van der Waals surface area contributed by atoms with Gasteiger partial charge in [-0.05, 0) is 25.0 Å². The van der Waals surface area contributed by atoms with E-state index in [1.807, 2.05) is 0 Å². The molecule has 1 aromatic heterocycles. The number of carbonyl (C=O) groups is 2. The zero-order valence-electron chi connectivity index (χ0n) is 14.2. The molecule has 0 saturated carbocycles. The minimum atomic E-state index is -0.217. The number of rotatable bonds is 5. The minimum Gasteiger partial charge on any atom is -0.383 e. The number of anilines is 1. The Morgan fingerprint density at radius 1 is 1.36 bits per heavy atom. The molecule has 1 aromatic rings. The smallest absolute Gasteiger partial charge is 0.327 e. The largest absolute Gasteiger partial charge is 0.383 e. The van der Waals surface area contributed by atoms with E-state index in [-0.39, 0.29) is 24.5 Å². The van der Waals surface area contributed by atoms with Crippen LogP contribution in [0.3, 0.4) is 0 Å². The summed E-state index contributed by atoms with van der Waals surface area (Å²) < 4.78 is 4.96. The van der Waals surface area contributed by atoms with Crippen molar-refractivity contribution in [2.45, 2.75) is 18.9 Å². The van der Waals surface area contributed by atoms with Gasteiger partial charge >= 0.3 is 6.03 Å². The van der Waals surface area contributed by atoms with Crippen LogP contribution in [0.25, 0.3) is 0 Å². The number of methoxy groups -OCH3 is 1. The van der Waals surface area contributed by atoms with E-state index in [0.29, 0.717) is 18.7 Å². The van der Waals surface area contributed by atoms with Gasteiger partial charge in [0.1, 0.15) is 12.4 Å². The van der Waals surface area contributed by atoms with Crippen molar-refractivity contribution in [1.82, 2.24) is 14.8 Å². The molecule has 3 amide bonds. The maximum Gasteiger partial charge on any atom is 0.327 e. The summed E-state index contributed by atoms with van der Waals surface area (Å²) in [5, 5.41) is 9.00. The van der Waals surface area contributed by atoms with E-state index in [2.05, 4.69) is 16.0 Å². The Bertz CT molecular complexity index is 694. The van der Waals surface area contributed by atoms with E-state index in [1.54, 1.807) is 30.3 Å². The van der Waals surface area contributed by atoms with Gasteiger partial charge in [0.25, 0.3) is 0 Å². The van der Waals surface area contributed by atoms with Gasteiger partial charge in [-0.2, -0.15) is 5.26 Å². The zero-order chi connectivity index (χ0) is 17.8. The number of nitrogens with zero attached hydrogens (tertiary/aromatic N) is 5. The first-order chi connectivity index (χ1) is 12.1. The molecule has 2 aliphatic heterocycles. The molecule has 3 heterocycles. The van der Waals surface area contributed by atoms with Gasteiger partial charge in [-0.3, -0.25) is 9.69 Å². The number of piperidine rings is 1. The Morgan fingerprint density at radius 2 is 2.12 bits per heavy atom. The van der Waals surface area contributed by atoms with Crippen LogP contribution >= 0.6 is 0 Å². The highest BCUT2D eigenvalue weighted by Gasteiger charge is 2.40. The maximum atomic E-state index is 12.5. The van der Waals surface area contributed by atoms with Gasteiger partial charge < -0.3 is 14.5 Å². The first-order valence-electron chi connectivity index (χ1n) is 8.35. The first-order valence-corrected chi connectivity index (χ1v) is 8.35. The molecule has 0 unspecified atom stereocenters. The van der Waals surface area contributed by atoms with Gasteiger partial charge in [-0.1, -0.05) is 0 Å². The number of carbonyl (C=O) groups excluding carboxylic acids is 2. The van der Waals surface area contributed by atoms with Crippen LogP contribution in [0.1, 0.15) is 18.4 Å². The van der Waals surface area contributed by atoms with E-state index in [9.17, 15) is 9.59 Å². The van der Waals surface area contributed by atoms with Gasteiger partial charge in [-0.25, -0.2) is 9.78 Å². The molecule has 3 rings (SSSR count). The molecular weight excluding hydrogens is 322 g/mol. The molecule has 0 bridgehead atoms. The van der Waals surface area contributed by atoms with E-state index < -0.39 is 0 Å². The predicted molar refractivity (Wildman–Crippen MR) is 89.9 cm³/mol. The summed E-state index contributed by atoms with van der Waals surface area (Å²) in [6.07, 6.45) is 3.18. The minimum absolute atomic E-state index is 0.0550. The third-order valence-corrected chi connectivity index (χ3v) is 4.71. The van der Waals surface area contributed by atoms with Crippen LogP contribution in [0.2, 0.25) is 0 Å². The second-order valence-electron chi connectivity index (χ2n) is 6.18. The van der Waals surface area contributed by atoms with Crippen molar-refractivity contribution in [2.24, 2.45) is 0 Å². The average Bonchev–Trinajstić information content (AvgIpc) is 2.94. The zero-order valence-corrected chi connectivity index (χ0v) is 14.2. The molecule has 25 heavy (non-hydrogen) atoms. The van der Waals surface area contributed by atoms with Crippen LogP contribution in [-0.4, -0.2) is 72.7 Å². The molecule has 0 N–H and O–H groups in total. The number of nitriles is 1. The summed E-state index contributed by atoms with van der Waals surface area (Å²) in [7, 11) is 1.55. The second-order valence-corrected chi connectivity index (χ2v) is 6.18. The van der Waals surface area contributed by atoms with Crippen LogP contribution in [0, 0.1) is 11.3 Å². The summed E-state index contributed by atoms with van der Waals surface area (Å²) in [5.74, 6) is 0.621. The van der Waals surface area contributed by atoms with Crippen LogP contribution in [0.4, 0.5) is 10.6 Å². The van der Waals surface area contributed by atoms with Crippen molar-refractivity contribution in [3.05, 3.63) is 23.9 Å². The molecule has 2 fully saturated rings. The monoisotopic (exact) mass is 343 g/mol. The molecule has 0 radical (unpaired) electrons. The van der Waals surface area contributed by atoms with Gasteiger partial charge in [0.2, 0.25) is 5.91 Å². The number of hydrogen-bond donors (Lipinski definition) is 0. The van der Waals surface area contributed by atoms with Crippen molar-refractivity contribution in [3.63, 3.8) is 0 Å². The molecule has 0 spiro atoms. The predicted octanol–water partition coefficient (Wildman–Crippen LogP) is 0.833. The highest BCUT2D eigenvalue weighted by atomic mass is 16.5. The molecule has 2 aliphatic rings. The fourth-order valence-corrected chi connectivity index (χ4v) is 3.32. The summed E-state index contributed by atoms with van der Waals surface area (Å²) in [6, 6.07) is 5.41. The molecule has 8 nitrogen and oxygen atoms in total. The summed E-state index contributed by atoms with van der Waals surface area (Å²) in [6.45, 7) is 2.28. The van der Waals surface area contributed by atoms with Crippen molar-refractivity contribution < 1.29 is 14.3 Å². The quantitative estimate of drug-likeness (QED) is 0.736. The lowest BCUT2D eigenvalue weighted by Crippen LogP contribution is -2.47. The maximum absolute atomic E-state index is 12.5. The SMILES string of the molecule is COCCN1C(=O)CN(C2CCN(c3cc(C#N)ccn3)CC2)C1=O. The summed E-state index contributed by atoms with van der Waals surface area (Å²) in [5.41, 5.74) is 0.584. The van der Waals surface area contributed by atoms with Crippen LogP contribution < -0.4 is 4.90 Å². The topological polar surface area (TPSA) is 89.8 Å². The van der Waals surface area contributed by atoms with Crippen LogP contribution in [0.5, 0.6) is 0 Å². The van der Waals surface area contributed by atoms with Crippen molar-refractivity contribution in [2.75, 3.05) is 44.8 Å². The highest BCUT2D eigenvalue weighted by Crippen LogP contribution is 2.24. The third-order valence-electron chi connectivity index (χ3n) is 4.71. The lowest BCUT2D eigenvalue weighted by Gasteiger charge is -2.36. The van der Waals surface area contributed by atoms with E-state index >= 15 is 0 Å². The second kappa shape index (κ2) is 7.49.